The fraction of sp³-hybridized carbons (Fsp3) is 0.111. The molecule has 0 radical (unpaired) electrons. The smallest absolute Gasteiger partial charge is 0.322 e. The van der Waals surface area contributed by atoms with Crippen molar-refractivity contribution >= 4 is 17.6 Å². The molecule has 2 rings (SSSR count). The molecule has 0 fully saturated rings. The highest BCUT2D eigenvalue weighted by Gasteiger charge is 2.10. The van der Waals surface area contributed by atoms with Crippen molar-refractivity contribution in [3.63, 3.8) is 0 Å². The van der Waals surface area contributed by atoms with Gasteiger partial charge in [0.2, 0.25) is 5.89 Å². The van der Waals surface area contributed by atoms with Gasteiger partial charge in [-0.15, -0.1) is 5.10 Å². The van der Waals surface area contributed by atoms with Gasteiger partial charge in [-0.2, -0.15) is 0 Å². The number of nitrogen functional groups attached to an aromatic ring is 1. The molecule has 7 nitrogen and oxygen atoms in total. The number of nitrogens with one attached hydrogen (secondary N) is 1. The molecule has 0 spiro atoms. The molecule has 0 unspecified atom stereocenters. The minimum atomic E-state index is -0.427. The first-order valence-electron chi connectivity index (χ1n) is 4.48. The molecule has 0 saturated carbocycles. The van der Waals surface area contributed by atoms with Crippen LogP contribution in [0.5, 0.6) is 0 Å². The average molecular weight is 219 g/mol. The molecular formula is C9H9N5O2. The van der Waals surface area contributed by atoms with E-state index >= 15 is 0 Å². The number of aromatic nitrogens is 3. The van der Waals surface area contributed by atoms with Crippen LogP contribution in [0.4, 0.5) is 11.7 Å². The molecule has 0 aliphatic carbocycles. The summed E-state index contributed by atoms with van der Waals surface area (Å²) in [6, 6.07) is 3.13. The number of carbonyl (C=O) groups excluding carboxylic acids is 1. The molecule has 16 heavy (non-hydrogen) atoms. The van der Waals surface area contributed by atoms with Gasteiger partial charge in [0.15, 0.2) is 0 Å². The van der Waals surface area contributed by atoms with Crippen LogP contribution in [0.15, 0.2) is 22.7 Å². The molecule has 1 amide bonds. The van der Waals surface area contributed by atoms with Gasteiger partial charge in [-0.25, -0.2) is 4.98 Å². The van der Waals surface area contributed by atoms with E-state index in [1.807, 2.05) is 0 Å². The van der Waals surface area contributed by atoms with Crippen LogP contribution in [-0.4, -0.2) is 21.1 Å². The number of aryl methyl sites for hydroxylation is 1. The van der Waals surface area contributed by atoms with Crippen molar-refractivity contribution in [1.82, 2.24) is 15.2 Å². The maximum atomic E-state index is 11.6. The van der Waals surface area contributed by atoms with E-state index < -0.39 is 5.91 Å². The second-order valence-electron chi connectivity index (χ2n) is 3.06. The zero-order valence-electron chi connectivity index (χ0n) is 8.47. The predicted octanol–water partition coefficient (Wildman–Crippen LogP) is 0.608. The van der Waals surface area contributed by atoms with Gasteiger partial charge in [0.1, 0.15) is 5.69 Å². The standard InChI is InChI=1S/C9H9N5O2/c1-5-13-14-9(16-5)12-8(15)7-3-2-6(10)4-11-7/h2-4H,10H2,1H3,(H,12,14,15). The van der Waals surface area contributed by atoms with Crippen molar-refractivity contribution in [1.29, 1.82) is 0 Å². The zero-order valence-corrected chi connectivity index (χ0v) is 8.47. The Morgan fingerprint density at radius 2 is 2.25 bits per heavy atom. The largest absolute Gasteiger partial charge is 0.408 e. The normalized spacial score (nSPS) is 10.1. The molecule has 0 bridgehead atoms. The zero-order chi connectivity index (χ0) is 11.5. The van der Waals surface area contributed by atoms with E-state index in [0.29, 0.717) is 11.6 Å². The van der Waals surface area contributed by atoms with E-state index in [2.05, 4.69) is 20.5 Å². The Kier molecular flexibility index (Phi) is 2.50. The molecule has 7 heteroatoms. The SMILES string of the molecule is Cc1nnc(NC(=O)c2ccc(N)cn2)o1. The highest BCUT2D eigenvalue weighted by atomic mass is 16.4. The fourth-order valence-corrected chi connectivity index (χ4v) is 1.05. The van der Waals surface area contributed by atoms with E-state index in [1.54, 1.807) is 13.0 Å². The third kappa shape index (κ3) is 2.14. The first-order chi connectivity index (χ1) is 7.65. The summed E-state index contributed by atoms with van der Waals surface area (Å²) >= 11 is 0. The number of anilines is 2. The lowest BCUT2D eigenvalue weighted by molar-refractivity contribution is 0.101. The third-order valence-corrected chi connectivity index (χ3v) is 1.77. The topological polar surface area (TPSA) is 107 Å². The van der Waals surface area contributed by atoms with E-state index in [1.165, 1.54) is 12.3 Å². The molecule has 2 aromatic rings. The van der Waals surface area contributed by atoms with Crippen molar-refractivity contribution < 1.29 is 9.21 Å². The second-order valence-corrected chi connectivity index (χ2v) is 3.06. The van der Waals surface area contributed by atoms with Crippen LogP contribution in [0.3, 0.4) is 0 Å². The monoisotopic (exact) mass is 219 g/mol. The highest BCUT2D eigenvalue weighted by Crippen LogP contribution is 2.07. The maximum Gasteiger partial charge on any atom is 0.322 e. The van der Waals surface area contributed by atoms with E-state index in [-0.39, 0.29) is 11.7 Å². The number of amides is 1. The van der Waals surface area contributed by atoms with Crippen molar-refractivity contribution in [3.05, 3.63) is 29.9 Å². The minimum Gasteiger partial charge on any atom is -0.408 e. The van der Waals surface area contributed by atoms with Crippen molar-refractivity contribution in [2.75, 3.05) is 11.1 Å². The lowest BCUT2D eigenvalue weighted by Gasteiger charge is -1.99. The number of nitrogens with zero attached hydrogens (tertiary/aromatic N) is 3. The summed E-state index contributed by atoms with van der Waals surface area (Å²) in [6.07, 6.45) is 1.40. The van der Waals surface area contributed by atoms with Crippen molar-refractivity contribution in [3.8, 4) is 0 Å². The summed E-state index contributed by atoms with van der Waals surface area (Å²) < 4.78 is 4.99. The summed E-state index contributed by atoms with van der Waals surface area (Å²) in [5.74, 6) is -0.0517. The Balaban J connectivity index is 2.11. The molecule has 0 aromatic carbocycles. The molecule has 2 aromatic heterocycles. The van der Waals surface area contributed by atoms with Gasteiger partial charge in [0.05, 0.1) is 11.9 Å². The molecular weight excluding hydrogens is 210 g/mol. The molecule has 0 aliphatic rings. The second kappa shape index (κ2) is 3.97. The first kappa shape index (κ1) is 10.1. The highest BCUT2D eigenvalue weighted by molar-refractivity contribution is 6.01. The van der Waals surface area contributed by atoms with Crippen LogP contribution in [0.2, 0.25) is 0 Å². The number of carbonyl (C=O) groups is 1. The Morgan fingerprint density at radius 1 is 1.44 bits per heavy atom. The molecule has 0 atom stereocenters. The van der Waals surface area contributed by atoms with Gasteiger partial charge in [0.25, 0.3) is 5.91 Å². The van der Waals surface area contributed by atoms with E-state index in [4.69, 9.17) is 10.2 Å². The first-order valence-corrected chi connectivity index (χ1v) is 4.48. The maximum absolute atomic E-state index is 11.6. The van der Waals surface area contributed by atoms with Gasteiger partial charge in [-0.05, 0) is 12.1 Å². The van der Waals surface area contributed by atoms with Crippen LogP contribution < -0.4 is 11.1 Å². The lowest BCUT2D eigenvalue weighted by Crippen LogP contribution is -2.13. The number of pyridine rings is 1. The number of hydrogen-bond acceptors (Lipinski definition) is 6. The van der Waals surface area contributed by atoms with Crippen LogP contribution in [0.1, 0.15) is 16.4 Å². The summed E-state index contributed by atoms with van der Waals surface area (Å²) in [4.78, 5) is 15.4. The van der Waals surface area contributed by atoms with Gasteiger partial charge in [-0.1, -0.05) is 5.10 Å². The summed E-state index contributed by atoms with van der Waals surface area (Å²) in [6.45, 7) is 1.63. The number of hydrogen-bond donors (Lipinski definition) is 2. The Labute approximate surface area is 90.7 Å². The van der Waals surface area contributed by atoms with Crippen molar-refractivity contribution in [2.24, 2.45) is 0 Å². The predicted molar refractivity (Wildman–Crippen MR) is 55.6 cm³/mol. The minimum absolute atomic E-state index is 0.0427. The molecule has 0 saturated heterocycles. The lowest BCUT2D eigenvalue weighted by atomic mass is 10.3. The third-order valence-electron chi connectivity index (χ3n) is 1.77. The quantitative estimate of drug-likeness (QED) is 0.766. The summed E-state index contributed by atoms with van der Waals surface area (Å²) in [5.41, 5.74) is 6.17. The summed E-state index contributed by atoms with van der Waals surface area (Å²) in [7, 11) is 0. The molecule has 3 N–H and O–H groups in total. The van der Waals surface area contributed by atoms with Gasteiger partial charge in [0, 0.05) is 6.92 Å². The number of rotatable bonds is 2. The van der Waals surface area contributed by atoms with E-state index in [0.717, 1.165) is 0 Å². The molecule has 0 aliphatic heterocycles. The Bertz CT molecular complexity index is 505. The van der Waals surface area contributed by atoms with Crippen molar-refractivity contribution in [2.45, 2.75) is 6.92 Å². The molecule has 82 valence electrons. The Morgan fingerprint density at radius 3 is 2.81 bits per heavy atom. The van der Waals surface area contributed by atoms with Gasteiger partial charge in [-0.3, -0.25) is 10.1 Å². The van der Waals surface area contributed by atoms with Crippen LogP contribution in [-0.2, 0) is 0 Å². The summed E-state index contributed by atoms with van der Waals surface area (Å²) in [5, 5.41) is 9.62. The van der Waals surface area contributed by atoms with Crippen LogP contribution >= 0.6 is 0 Å². The van der Waals surface area contributed by atoms with E-state index in [9.17, 15) is 4.79 Å². The van der Waals surface area contributed by atoms with Crippen LogP contribution in [0, 0.1) is 6.92 Å². The Hall–Kier alpha value is -2.44. The number of nitrogens with two attached hydrogens (primary N) is 1. The van der Waals surface area contributed by atoms with Gasteiger partial charge < -0.3 is 10.2 Å². The van der Waals surface area contributed by atoms with Gasteiger partial charge >= 0.3 is 6.01 Å². The fourth-order valence-electron chi connectivity index (χ4n) is 1.05. The average Bonchev–Trinajstić information content (AvgIpc) is 2.65. The molecule has 2 heterocycles. The van der Waals surface area contributed by atoms with Crippen LogP contribution in [0.25, 0.3) is 0 Å².